The molecule has 0 fully saturated rings. The van der Waals surface area contributed by atoms with Crippen LogP contribution in [0.15, 0.2) is 21.3 Å². The number of rotatable bonds is 4. The van der Waals surface area contributed by atoms with Crippen molar-refractivity contribution in [2.75, 3.05) is 6.54 Å². The van der Waals surface area contributed by atoms with Crippen molar-refractivity contribution in [2.45, 2.75) is 19.9 Å². The van der Waals surface area contributed by atoms with E-state index in [1.807, 2.05) is 20.0 Å². The fourth-order valence-corrected chi connectivity index (χ4v) is 2.40. The van der Waals surface area contributed by atoms with Gasteiger partial charge in [-0.3, -0.25) is 0 Å². The molecule has 0 bridgehead atoms. The van der Waals surface area contributed by atoms with Crippen LogP contribution in [0.1, 0.15) is 30.0 Å². The Balaban J connectivity index is 2.46. The SMILES string of the molecule is CCNC(c1occc1C)c1c(Br)nnn1C. The Bertz CT molecular complexity index is 486. The molecule has 0 saturated heterocycles. The first kappa shape index (κ1) is 12.3. The maximum atomic E-state index is 5.56. The van der Waals surface area contributed by atoms with Crippen molar-refractivity contribution in [3.63, 3.8) is 0 Å². The van der Waals surface area contributed by atoms with E-state index in [9.17, 15) is 0 Å². The summed E-state index contributed by atoms with van der Waals surface area (Å²) >= 11 is 3.42. The third kappa shape index (κ3) is 2.28. The molecule has 0 aromatic carbocycles. The topological polar surface area (TPSA) is 55.9 Å². The molecular formula is C11H15BrN4O. The van der Waals surface area contributed by atoms with E-state index in [1.54, 1.807) is 10.9 Å². The fourth-order valence-electron chi connectivity index (χ4n) is 1.84. The molecule has 0 aliphatic heterocycles. The molecule has 0 aliphatic carbocycles. The molecular weight excluding hydrogens is 284 g/mol. The molecule has 0 amide bonds. The summed E-state index contributed by atoms with van der Waals surface area (Å²) in [6.07, 6.45) is 1.70. The first-order valence-corrected chi connectivity index (χ1v) is 6.26. The molecule has 2 aromatic heterocycles. The van der Waals surface area contributed by atoms with Gasteiger partial charge < -0.3 is 9.73 Å². The van der Waals surface area contributed by atoms with E-state index in [2.05, 4.69) is 38.5 Å². The standard InChI is InChI=1S/C11H15BrN4O/c1-4-13-8(10-7(2)5-6-17-10)9-11(12)14-15-16(9)3/h5-6,8,13H,4H2,1-3H3. The van der Waals surface area contributed by atoms with Gasteiger partial charge in [-0.15, -0.1) is 5.10 Å². The molecule has 0 radical (unpaired) electrons. The van der Waals surface area contributed by atoms with Gasteiger partial charge in [0.2, 0.25) is 0 Å². The minimum atomic E-state index is -0.0376. The molecule has 1 unspecified atom stereocenters. The average Bonchev–Trinajstić information content (AvgIpc) is 2.84. The summed E-state index contributed by atoms with van der Waals surface area (Å²) in [6.45, 7) is 4.92. The Morgan fingerprint density at radius 2 is 2.35 bits per heavy atom. The van der Waals surface area contributed by atoms with E-state index in [4.69, 9.17) is 4.42 Å². The van der Waals surface area contributed by atoms with Crippen LogP contribution in [0.4, 0.5) is 0 Å². The zero-order valence-electron chi connectivity index (χ0n) is 10.1. The van der Waals surface area contributed by atoms with E-state index in [0.717, 1.165) is 28.2 Å². The molecule has 17 heavy (non-hydrogen) atoms. The van der Waals surface area contributed by atoms with Crippen molar-refractivity contribution in [3.8, 4) is 0 Å². The maximum absolute atomic E-state index is 5.56. The molecule has 1 N–H and O–H groups in total. The zero-order chi connectivity index (χ0) is 12.4. The van der Waals surface area contributed by atoms with Gasteiger partial charge in [0.1, 0.15) is 11.8 Å². The molecule has 0 spiro atoms. The van der Waals surface area contributed by atoms with Gasteiger partial charge >= 0.3 is 0 Å². The number of nitrogens with zero attached hydrogens (tertiary/aromatic N) is 3. The second-order valence-electron chi connectivity index (χ2n) is 3.85. The third-order valence-electron chi connectivity index (χ3n) is 2.67. The van der Waals surface area contributed by atoms with Crippen LogP contribution in [-0.4, -0.2) is 21.5 Å². The summed E-state index contributed by atoms with van der Waals surface area (Å²) in [7, 11) is 1.87. The smallest absolute Gasteiger partial charge is 0.153 e. The van der Waals surface area contributed by atoms with Gasteiger partial charge in [0, 0.05) is 7.05 Å². The van der Waals surface area contributed by atoms with Crippen LogP contribution < -0.4 is 5.32 Å². The molecule has 0 aliphatic rings. The van der Waals surface area contributed by atoms with Crippen LogP contribution in [0.5, 0.6) is 0 Å². The van der Waals surface area contributed by atoms with Crippen LogP contribution in [0.25, 0.3) is 0 Å². The summed E-state index contributed by atoms with van der Waals surface area (Å²) in [5.41, 5.74) is 2.08. The molecule has 1 atom stereocenters. The fraction of sp³-hybridized carbons (Fsp3) is 0.455. The lowest BCUT2D eigenvalue weighted by molar-refractivity contribution is 0.434. The van der Waals surface area contributed by atoms with Gasteiger partial charge in [0.05, 0.1) is 12.0 Å². The molecule has 0 saturated carbocycles. The van der Waals surface area contributed by atoms with Crippen molar-refractivity contribution in [1.29, 1.82) is 0 Å². The van der Waals surface area contributed by atoms with Crippen molar-refractivity contribution in [1.82, 2.24) is 20.3 Å². The number of aromatic nitrogens is 3. The van der Waals surface area contributed by atoms with Crippen molar-refractivity contribution >= 4 is 15.9 Å². The average molecular weight is 299 g/mol. The highest BCUT2D eigenvalue weighted by Crippen LogP contribution is 2.29. The molecule has 6 heteroatoms. The van der Waals surface area contributed by atoms with Gasteiger partial charge in [-0.2, -0.15) is 0 Å². The highest BCUT2D eigenvalue weighted by atomic mass is 79.9. The van der Waals surface area contributed by atoms with Crippen LogP contribution in [-0.2, 0) is 7.05 Å². The van der Waals surface area contributed by atoms with Gasteiger partial charge in [0.25, 0.3) is 0 Å². The number of nitrogens with one attached hydrogen (secondary N) is 1. The maximum Gasteiger partial charge on any atom is 0.153 e. The van der Waals surface area contributed by atoms with Crippen LogP contribution in [0.2, 0.25) is 0 Å². The zero-order valence-corrected chi connectivity index (χ0v) is 11.7. The van der Waals surface area contributed by atoms with Crippen LogP contribution in [0.3, 0.4) is 0 Å². The predicted octanol–water partition coefficient (Wildman–Crippen LogP) is 2.18. The Hall–Kier alpha value is -1.14. The third-order valence-corrected chi connectivity index (χ3v) is 3.24. The Labute approximate surface area is 108 Å². The number of furan rings is 1. The van der Waals surface area contributed by atoms with Crippen molar-refractivity contribution in [2.24, 2.45) is 7.05 Å². The van der Waals surface area contributed by atoms with E-state index in [0.29, 0.717) is 0 Å². The van der Waals surface area contributed by atoms with E-state index >= 15 is 0 Å². The highest BCUT2D eigenvalue weighted by Gasteiger charge is 2.24. The van der Waals surface area contributed by atoms with Crippen molar-refractivity contribution < 1.29 is 4.42 Å². The van der Waals surface area contributed by atoms with Crippen LogP contribution >= 0.6 is 15.9 Å². The summed E-state index contributed by atoms with van der Waals surface area (Å²) in [5.74, 6) is 0.901. The minimum Gasteiger partial charge on any atom is -0.467 e. The van der Waals surface area contributed by atoms with Gasteiger partial charge in [-0.25, -0.2) is 4.68 Å². The Morgan fingerprint density at radius 1 is 1.59 bits per heavy atom. The first-order valence-electron chi connectivity index (χ1n) is 5.47. The molecule has 5 nitrogen and oxygen atoms in total. The molecule has 92 valence electrons. The number of hydrogen-bond acceptors (Lipinski definition) is 4. The van der Waals surface area contributed by atoms with E-state index in [-0.39, 0.29) is 6.04 Å². The molecule has 2 aromatic rings. The lowest BCUT2D eigenvalue weighted by atomic mass is 10.1. The van der Waals surface area contributed by atoms with Gasteiger partial charge in [-0.05, 0) is 41.0 Å². The normalized spacial score (nSPS) is 12.9. The quantitative estimate of drug-likeness (QED) is 0.940. The predicted molar refractivity (Wildman–Crippen MR) is 67.7 cm³/mol. The lowest BCUT2D eigenvalue weighted by Crippen LogP contribution is -2.24. The summed E-state index contributed by atoms with van der Waals surface area (Å²) in [5, 5.41) is 11.4. The van der Waals surface area contributed by atoms with Crippen molar-refractivity contribution in [3.05, 3.63) is 34.0 Å². The number of halogens is 1. The number of aryl methyl sites for hydroxylation is 2. The Morgan fingerprint density at radius 3 is 2.82 bits per heavy atom. The monoisotopic (exact) mass is 298 g/mol. The van der Waals surface area contributed by atoms with E-state index < -0.39 is 0 Å². The highest BCUT2D eigenvalue weighted by molar-refractivity contribution is 9.10. The lowest BCUT2D eigenvalue weighted by Gasteiger charge is -2.16. The minimum absolute atomic E-state index is 0.0376. The summed E-state index contributed by atoms with van der Waals surface area (Å²) in [6, 6.07) is 1.92. The van der Waals surface area contributed by atoms with Gasteiger partial charge in [0.15, 0.2) is 4.60 Å². The summed E-state index contributed by atoms with van der Waals surface area (Å²) < 4.78 is 8.05. The molecule has 2 heterocycles. The Kier molecular flexibility index (Phi) is 3.63. The largest absolute Gasteiger partial charge is 0.467 e. The van der Waals surface area contributed by atoms with Crippen LogP contribution in [0, 0.1) is 6.92 Å². The number of hydrogen-bond donors (Lipinski definition) is 1. The second-order valence-corrected chi connectivity index (χ2v) is 4.60. The first-order chi connectivity index (χ1) is 8.15. The molecule has 2 rings (SSSR count). The van der Waals surface area contributed by atoms with Gasteiger partial charge in [-0.1, -0.05) is 12.1 Å². The second kappa shape index (κ2) is 5.01. The van der Waals surface area contributed by atoms with E-state index in [1.165, 1.54) is 0 Å². The summed E-state index contributed by atoms with van der Waals surface area (Å²) in [4.78, 5) is 0.